The van der Waals surface area contributed by atoms with E-state index in [0.717, 1.165) is 16.5 Å². The van der Waals surface area contributed by atoms with Gasteiger partial charge in [-0.05, 0) is 32.9 Å². The molecule has 1 amide bonds. The summed E-state index contributed by atoms with van der Waals surface area (Å²) in [6.07, 6.45) is 2.84. The van der Waals surface area contributed by atoms with E-state index in [1.165, 1.54) is 16.3 Å². The number of carbonyl (C=O) groups excluding carboxylic acids is 2. The summed E-state index contributed by atoms with van der Waals surface area (Å²) in [7, 11) is 0. The zero-order chi connectivity index (χ0) is 18.0. The van der Waals surface area contributed by atoms with Crippen molar-refractivity contribution in [2.24, 2.45) is 10.2 Å². The first-order chi connectivity index (χ1) is 11.8. The van der Waals surface area contributed by atoms with E-state index in [2.05, 4.69) is 15.5 Å². The standard InChI is InChI=1S/C17H18N4O3S/c1-17(2,3)24-16(23)21-8-7-12-11(5-4-6-13(12)21)9-18-20-15-19-14(22)10-25-15/h4-9H,10H2,1-3H3,(H,19,20,22). The molecule has 3 rings (SSSR count). The molecule has 0 saturated carbocycles. The van der Waals surface area contributed by atoms with Crippen LogP contribution < -0.4 is 5.32 Å². The molecule has 0 spiro atoms. The van der Waals surface area contributed by atoms with Crippen molar-refractivity contribution in [2.75, 3.05) is 5.75 Å². The highest BCUT2D eigenvalue weighted by Gasteiger charge is 2.19. The van der Waals surface area contributed by atoms with Crippen LogP contribution >= 0.6 is 11.8 Å². The molecule has 0 aliphatic carbocycles. The number of carbonyl (C=O) groups is 2. The molecule has 0 unspecified atom stereocenters. The molecule has 1 fully saturated rings. The maximum atomic E-state index is 12.3. The molecular weight excluding hydrogens is 340 g/mol. The fourth-order valence-electron chi connectivity index (χ4n) is 2.30. The smallest absolute Gasteiger partial charge is 0.418 e. The second-order valence-electron chi connectivity index (χ2n) is 6.43. The average molecular weight is 358 g/mol. The molecule has 7 nitrogen and oxygen atoms in total. The molecular formula is C17H18N4O3S. The summed E-state index contributed by atoms with van der Waals surface area (Å²) in [6, 6.07) is 7.39. The van der Waals surface area contributed by atoms with E-state index in [1.807, 2.05) is 45.0 Å². The van der Waals surface area contributed by atoms with Crippen LogP contribution in [0.5, 0.6) is 0 Å². The van der Waals surface area contributed by atoms with Gasteiger partial charge in [-0.3, -0.25) is 9.36 Å². The Balaban J connectivity index is 1.86. The Morgan fingerprint density at radius 2 is 2.16 bits per heavy atom. The number of hydrogen-bond donors (Lipinski definition) is 1. The Labute approximate surface area is 149 Å². The number of amidine groups is 1. The van der Waals surface area contributed by atoms with E-state index in [4.69, 9.17) is 4.74 Å². The van der Waals surface area contributed by atoms with Crippen molar-refractivity contribution in [1.82, 2.24) is 9.88 Å². The minimum Gasteiger partial charge on any atom is -0.443 e. The van der Waals surface area contributed by atoms with Gasteiger partial charge in [-0.15, -0.1) is 5.10 Å². The molecule has 2 aromatic rings. The quantitative estimate of drug-likeness (QED) is 0.661. The minimum atomic E-state index is -0.563. The molecule has 8 heteroatoms. The lowest BCUT2D eigenvalue weighted by Crippen LogP contribution is -2.26. The minimum absolute atomic E-state index is 0.0736. The summed E-state index contributed by atoms with van der Waals surface area (Å²) in [6.45, 7) is 5.48. The monoisotopic (exact) mass is 358 g/mol. The number of benzene rings is 1. The number of rotatable bonds is 2. The summed E-state index contributed by atoms with van der Waals surface area (Å²) >= 11 is 1.31. The van der Waals surface area contributed by atoms with Gasteiger partial charge in [0.25, 0.3) is 0 Å². The Bertz CT molecular complexity index is 893. The van der Waals surface area contributed by atoms with Gasteiger partial charge in [-0.2, -0.15) is 5.10 Å². The van der Waals surface area contributed by atoms with E-state index >= 15 is 0 Å². The number of ether oxygens (including phenoxy) is 1. The van der Waals surface area contributed by atoms with Gasteiger partial charge in [0.15, 0.2) is 5.17 Å². The zero-order valence-electron chi connectivity index (χ0n) is 14.1. The molecule has 0 radical (unpaired) electrons. The van der Waals surface area contributed by atoms with Crippen molar-refractivity contribution in [3.63, 3.8) is 0 Å². The predicted molar refractivity (Wildman–Crippen MR) is 99.2 cm³/mol. The van der Waals surface area contributed by atoms with E-state index in [1.54, 1.807) is 12.4 Å². The lowest BCUT2D eigenvalue weighted by Gasteiger charge is -2.19. The summed E-state index contributed by atoms with van der Waals surface area (Å²) in [5, 5.41) is 12.0. The summed E-state index contributed by atoms with van der Waals surface area (Å²) < 4.78 is 6.88. The number of nitrogens with zero attached hydrogens (tertiary/aromatic N) is 3. The normalized spacial score (nSPS) is 16.8. The van der Waals surface area contributed by atoms with Crippen LogP contribution in [0.15, 0.2) is 40.7 Å². The SMILES string of the molecule is CC(C)(C)OC(=O)n1ccc2c(C=NN=C3NC(=O)CS3)cccc21. The topological polar surface area (TPSA) is 85.1 Å². The van der Waals surface area contributed by atoms with Crippen molar-refractivity contribution in [3.8, 4) is 0 Å². The Kier molecular flexibility index (Phi) is 4.63. The largest absolute Gasteiger partial charge is 0.443 e. The summed E-state index contributed by atoms with van der Waals surface area (Å²) in [5.41, 5.74) is 0.986. The third-order valence-corrected chi connectivity index (χ3v) is 4.15. The third-order valence-electron chi connectivity index (χ3n) is 3.29. The maximum Gasteiger partial charge on any atom is 0.418 e. The van der Waals surface area contributed by atoms with Crippen molar-refractivity contribution in [3.05, 3.63) is 36.0 Å². The van der Waals surface area contributed by atoms with E-state index in [-0.39, 0.29) is 5.91 Å². The second kappa shape index (κ2) is 6.72. The van der Waals surface area contributed by atoms with Crippen LogP contribution in [-0.2, 0) is 9.53 Å². The van der Waals surface area contributed by atoms with Crippen LogP contribution in [0.1, 0.15) is 26.3 Å². The summed E-state index contributed by atoms with van der Waals surface area (Å²) in [4.78, 5) is 23.4. The van der Waals surface area contributed by atoms with Crippen LogP contribution in [0, 0.1) is 0 Å². The number of thioether (sulfide) groups is 1. The molecule has 1 N–H and O–H groups in total. The highest BCUT2D eigenvalue weighted by Crippen LogP contribution is 2.21. The molecule has 25 heavy (non-hydrogen) atoms. The van der Waals surface area contributed by atoms with Gasteiger partial charge in [0.05, 0.1) is 17.5 Å². The first-order valence-corrected chi connectivity index (χ1v) is 8.69. The molecule has 1 aromatic carbocycles. The van der Waals surface area contributed by atoms with Crippen molar-refractivity contribution >= 4 is 46.0 Å². The number of aromatic nitrogens is 1. The maximum absolute atomic E-state index is 12.3. The van der Waals surface area contributed by atoms with Gasteiger partial charge < -0.3 is 10.1 Å². The van der Waals surface area contributed by atoms with Crippen LogP contribution in [0.3, 0.4) is 0 Å². The van der Waals surface area contributed by atoms with Crippen molar-refractivity contribution in [1.29, 1.82) is 0 Å². The van der Waals surface area contributed by atoms with E-state index < -0.39 is 11.7 Å². The lowest BCUT2D eigenvalue weighted by atomic mass is 10.1. The van der Waals surface area contributed by atoms with Gasteiger partial charge in [0.2, 0.25) is 5.91 Å². The van der Waals surface area contributed by atoms with Gasteiger partial charge >= 0.3 is 6.09 Å². The molecule has 1 aromatic heterocycles. The van der Waals surface area contributed by atoms with E-state index in [9.17, 15) is 9.59 Å². The average Bonchev–Trinajstić information content (AvgIpc) is 3.12. The number of hydrogen-bond acceptors (Lipinski definition) is 6. The van der Waals surface area contributed by atoms with Crippen molar-refractivity contribution in [2.45, 2.75) is 26.4 Å². The molecule has 130 valence electrons. The van der Waals surface area contributed by atoms with Gasteiger partial charge in [0, 0.05) is 17.1 Å². The second-order valence-corrected chi connectivity index (χ2v) is 7.40. The van der Waals surface area contributed by atoms with E-state index in [0.29, 0.717) is 10.9 Å². The first kappa shape index (κ1) is 17.2. The Morgan fingerprint density at radius 3 is 2.84 bits per heavy atom. The molecule has 1 aliphatic rings. The number of amides is 1. The summed E-state index contributed by atoms with van der Waals surface area (Å²) in [5.74, 6) is 0.290. The number of nitrogens with one attached hydrogen (secondary N) is 1. The van der Waals surface area contributed by atoms with Crippen LogP contribution in [0.2, 0.25) is 0 Å². The first-order valence-electron chi connectivity index (χ1n) is 7.70. The van der Waals surface area contributed by atoms with Gasteiger partial charge in [-0.1, -0.05) is 23.9 Å². The molecule has 1 aliphatic heterocycles. The van der Waals surface area contributed by atoms with Crippen LogP contribution in [0.4, 0.5) is 4.79 Å². The zero-order valence-corrected chi connectivity index (χ0v) is 15.0. The van der Waals surface area contributed by atoms with Crippen LogP contribution in [0.25, 0.3) is 10.9 Å². The molecule has 2 heterocycles. The fraction of sp³-hybridized carbons (Fsp3) is 0.294. The fourth-order valence-corrected chi connectivity index (χ4v) is 2.93. The lowest BCUT2D eigenvalue weighted by molar-refractivity contribution is -0.116. The highest BCUT2D eigenvalue weighted by molar-refractivity contribution is 8.15. The van der Waals surface area contributed by atoms with Crippen LogP contribution in [-0.4, -0.2) is 39.3 Å². The molecule has 0 atom stereocenters. The highest BCUT2D eigenvalue weighted by atomic mass is 32.2. The Morgan fingerprint density at radius 1 is 1.36 bits per heavy atom. The van der Waals surface area contributed by atoms with Crippen molar-refractivity contribution < 1.29 is 14.3 Å². The van der Waals surface area contributed by atoms with Gasteiger partial charge in [-0.25, -0.2) is 4.79 Å². The third kappa shape index (κ3) is 4.08. The van der Waals surface area contributed by atoms with Gasteiger partial charge in [0.1, 0.15) is 5.60 Å². The Hall–Kier alpha value is -2.61. The molecule has 0 bridgehead atoms. The number of fused-ring (bicyclic) bond motifs is 1. The predicted octanol–water partition coefficient (Wildman–Crippen LogP) is 2.98. The molecule has 1 saturated heterocycles.